The zero-order valence-electron chi connectivity index (χ0n) is 16.8. The van der Waals surface area contributed by atoms with Crippen molar-refractivity contribution >= 4 is 11.6 Å². The summed E-state index contributed by atoms with van der Waals surface area (Å²) in [5.74, 6) is -0.813. The van der Waals surface area contributed by atoms with Gasteiger partial charge in [-0.15, -0.1) is 0 Å². The van der Waals surface area contributed by atoms with Crippen molar-refractivity contribution in [2.45, 2.75) is 70.0 Å². The highest BCUT2D eigenvalue weighted by atomic mass is 16.9. The Labute approximate surface area is 168 Å². The number of hydrogen-bond acceptors (Lipinski definition) is 8. The highest BCUT2D eigenvalue weighted by Crippen LogP contribution is 2.44. The van der Waals surface area contributed by atoms with E-state index in [9.17, 15) is 4.79 Å². The molecule has 0 radical (unpaired) electrons. The number of rotatable bonds is 2. The number of nitrogens with one attached hydrogen (secondary N) is 1. The Morgan fingerprint density at radius 3 is 2.34 bits per heavy atom. The van der Waals surface area contributed by atoms with Gasteiger partial charge in [-0.1, -0.05) is 0 Å². The summed E-state index contributed by atoms with van der Waals surface area (Å²) >= 11 is 0. The summed E-state index contributed by atoms with van der Waals surface area (Å²) in [5, 5.41) is 2.87. The van der Waals surface area contributed by atoms with Crippen LogP contribution in [0.2, 0.25) is 0 Å². The van der Waals surface area contributed by atoms with Gasteiger partial charge in [-0.05, 0) is 39.8 Å². The molecule has 29 heavy (non-hydrogen) atoms. The lowest BCUT2D eigenvalue weighted by Gasteiger charge is -2.36. The molecule has 5 atom stereocenters. The molecule has 3 saturated heterocycles. The van der Waals surface area contributed by atoms with Crippen LogP contribution in [0, 0.1) is 0 Å². The van der Waals surface area contributed by atoms with Crippen molar-refractivity contribution in [3.05, 3.63) is 18.2 Å². The maximum absolute atomic E-state index is 13.1. The van der Waals surface area contributed by atoms with E-state index < -0.39 is 42.3 Å². The maximum Gasteiger partial charge on any atom is 0.256 e. The molecule has 0 bridgehead atoms. The minimum Gasteiger partial charge on any atom is -0.486 e. The van der Waals surface area contributed by atoms with Gasteiger partial charge in [0, 0.05) is 11.8 Å². The lowest BCUT2D eigenvalue weighted by atomic mass is 9.98. The van der Waals surface area contributed by atoms with Gasteiger partial charge in [-0.3, -0.25) is 4.79 Å². The molecule has 4 aliphatic rings. The molecule has 0 aromatic heterocycles. The van der Waals surface area contributed by atoms with Crippen molar-refractivity contribution < 1.29 is 38.0 Å². The van der Waals surface area contributed by atoms with Crippen molar-refractivity contribution in [3.63, 3.8) is 0 Å². The molecule has 4 aliphatic heterocycles. The fourth-order valence-corrected chi connectivity index (χ4v) is 4.16. The molecule has 0 saturated carbocycles. The number of fused-ring (bicyclic) bond motifs is 4. The number of anilines is 1. The Bertz CT molecular complexity index is 825. The summed E-state index contributed by atoms with van der Waals surface area (Å²) in [5.41, 5.74) is 0.573. The first-order valence-corrected chi connectivity index (χ1v) is 9.78. The SMILES string of the molecule is CC1(C)O[C@@H]2O[C@H](C(=O)Nc3ccc4c(c3)OCCO4)[C@@H]3OC(C)(C)O[C@H]3[C@@H]2O1. The second kappa shape index (κ2) is 6.55. The van der Waals surface area contributed by atoms with Crippen LogP contribution < -0.4 is 14.8 Å². The van der Waals surface area contributed by atoms with E-state index in [1.807, 2.05) is 0 Å². The Morgan fingerprint density at radius 2 is 1.55 bits per heavy atom. The maximum atomic E-state index is 13.1. The van der Waals surface area contributed by atoms with E-state index in [1.165, 1.54) is 0 Å². The van der Waals surface area contributed by atoms with Gasteiger partial charge < -0.3 is 38.5 Å². The van der Waals surface area contributed by atoms with E-state index in [-0.39, 0.29) is 5.91 Å². The predicted octanol–water partition coefficient (Wildman–Crippen LogP) is 1.79. The van der Waals surface area contributed by atoms with Gasteiger partial charge in [-0.25, -0.2) is 0 Å². The summed E-state index contributed by atoms with van der Waals surface area (Å²) in [4.78, 5) is 13.1. The lowest BCUT2D eigenvalue weighted by Crippen LogP contribution is -2.58. The molecule has 1 aromatic carbocycles. The summed E-state index contributed by atoms with van der Waals surface area (Å²) in [6.45, 7) is 8.18. The molecule has 9 nitrogen and oxygen atoms in total. The fourth-order valence-electron chi connectivity index (χ4n) is 4.16. The summed E-state index contributed by atoms with van der Waals surface area (Å²) in [6, 6.07) is 5.24. The Balaban J connectivity index is 1.37. The van der Waals surface area contributed by atoms with Crippen molar-refractivity contribution in [1.82, 2.24) is 0 Å². The Hall–Kier alpha value is -1.91. The second-order valence-electron chi connectivity index (χ2n) is 8.44. The number of carbonyl (C=O) groups is 1. The van der Waals surface area contributed by atoms with Crippen molar-refractivity contribution in [2.24, 2.45) is 0 Å². The van der Waals surface area contributed by atoms with Crippen LogP contribution >= 0.6 is 0 Å². The van der Waals surface area contributed by atoms with Crippen LogP contribution in [0.5, 0.6) is 11.5 Å². The van der Waals surface area contributed by atoms with E-state index >= 15 is 0 Å². The van der Waals surface area contributed by atoms with Crippen LogP contribution in [0.4, 0.5) is 5.69 Å². The monoisotopic (exact) mass is 407 g/mol. The smallest absolute Gasteiger partial charge is 0.256 e. The zero-order valence-corrected chi connectivity index (χ0v) is 16.8. The molecule has 3 fully saturated rings. The minimum absolute atomic E-state index is 0.357. The van der Waals surface area contributed by atoms with Crippen LogP contribution in [0.15, 0.2) is 18.2 Å². The average molecular weight is 407 g/mol. The van der Waals surface area contributed by atoms with Crippen molar-refractivity contribution in [3.8, 4) is 11.5 Å². The number of amides is 1. The van der Waals surface area contributed by atoms with Crippen LogP contribution in [0.25, 0.3) is 0 Å². The van der Waals surface area contributed by atoms with E-state index in [0.29, 0.717) is 30.4 Å². The molecule has 5 rings (SSSR count). The molecule has 0 aliphatic carbocycles. The number of carbonyl (C=O) groups excluding carboxylic acids is 1. The largest absolute Gasteiger partial charge is 0.486 e. The van der Waals surface area contributed by atoms with Gasteiger partial charge in [0.25, 0.3) is 5.91 Å². The third-order valence-corrected chi connectivity index (χ3v) is 5.22. The molecule has 0 unspecified atom stereocenters. The Kier molecular flexibility index (Phi) is 4.31. The topological polar surface area (TPSA) is 93.7 Å². The van der Waals surface area contributed by atoms with E-state index in [1.54, 1.807) is 45.9 Å². The molecule has 9 heteroatoms. The summed E-state index contributed by atoms with van der Waals surface area (Å²) in [6.07, 6.45) is -3.23. The van der Waals surface area contributed by atoms with Crippen molar-refractivity contribution in [1.29, 1.82) is 0 Å². The molecule has 0 spiro atoms. The molecule has 1 N–H and O–H groups in total. The minimum atomic E-state index is -0.922. The average Bonchev–Trinajstić information content (AvgIpc) is 3.14. The highest BCUT2D eigenvalue weighted by Gasteiger charge is 2.62. The van der Waals surface area contributed by atoms with Gasteiger partial charge in [0.2, 0.25) is 0 Å². The third kappa shape index (κ3) is 3.47. The molecule has 1 amide bonds. The second-order valence-corrected chi connectivity index (χ2v) is 8.44. The highest BCUT2D eigenvalue weighted by molar-refractivity contribution is 5.95. The predicted molar refractivity (Wildman–Crippen MR) is 98.6 cm³/mol. The molecule has 158 valence electrons. The van der Waals surface area contributed by atoms with Gasteiger partial charge in [0.1, 0.15) is 31.5 Å². The molecular weight excluding hydrogens is 382 g/mol. The quantitative estimate of drug-likeness (QED) is 0.793. The van der Waals surface area contributed by atoms with Gasteiger partial charge in [0.15, 0.2) is 35.5 Å². The van der Waals surface area contributed by atoms with E-state index in [2.05, 4.69) is 5.32 Å². The number of benzene rings is 1. The number of ether oxygens (including phenoxy) is 7. The van der Waals surface area contributed by atoms with E-state index in [0.717, 1.165) is 0 Å². The molecule has 4 heterocycles. The first-order chi connectivity index (χ1) is 13.7. The first-order valence-electron chi connectivity index (χ1n) is 9.78. The van der Waals surface area contributed by atoms with Gasteiger partial charge in [-0.2, -0.15) is 0 Å². The Morgan fingerprint density at radius 1 is 0.897 bits per heavy atom. The van der Waals surface area contributed by atoms with Crippen LogP contribution in [-0.2, 0) is 28.5 Å². The van der Waals surface area contributed by atoms with Crippen LogP contribution in [-0.4, -0.2) is 61.4 Å². The number of hydrogen-bond donors (Lipinski definition) is 1. The van der Waals surface area contributed by atoms with E-state index in [4.69, 9.17) is 33.2 Å². The first kappa shape index (κ1) is 19.1. The molecule has 1 aromatic rings. The summed E-state index contributed by atoms with van der Waals surface area (Å²) in [7, 11) is 0. The van der Waals surface area contributed by atoms with Gasteiger partial charge in [0.05, 0.1) is 0 Å². The third-order valence-electron chi connectivity index (χ3n) is 5.22. The normalized spacial score (nSPS) is 36.2. The van der Waals surface area contributed by atoms with Crippen LogP contribution in [0.3, 0.4) is 0 Å². The van der Waals surface area contributed by atoms with Crippen LogP contribution in [0.1, 0.15) is 27.7 Å². The zero-order chi connectivity index (χ0) is 20.4. The fraction of sp³-hybridized carbons (Fsp3) is 0.650. The molecular formula is C20H25NO8. The van der Waals surface area contributed by atoms with Gasteiger partial charge >= 0.3 is 0 Å². The standard InChI is InChI=1S/C20H25NO8/c1-19(2)26-13-14(27-19)16-18(29-20(3,4)28-16)25-15(13)17(22)21-10-5-6-11-12(9-10)24-8-7-23-11/h5-6,9,13-16,18H,7-8H2,1-4H3,(H,21,22)/t13-,14-,15+,16+,18+/m1/s1. The van der Waals surface area contributed by atoms with Crippen molar-refractivity contribution in [2.75, 3.05) is 18.5 Å². The lowest BCUT2D eigenvalue weighted by molar-refractivity contribution is -0.229. The summed E-state index contributed by atoms with van der Waals surface area (Å²) < 4.78 is 40.9.